The maximum Gasteiger partial charge on any atom is 0.191 e. The third-order valence-corrected chi connectivity index (χ3v) is 5.96. The van der Waals surface area contributed by atoms with Gasteiger partial charge in [0.05, 0.1) is 6.54 Å². The van der Waals surface area contributed by atoms with Gasteiger partial charge < -0.3 is 15.5 Å². The first-order valence-corrected chi connectivity index (χ1v) is 10.4. The first-order valence-electron chi connectivity index (χ1n) is 9.51. The molecule has 0 amide bonds. The second-order valence-electron chi connectivity index (χ2n) is 7.24. The molecule has 6 nitrogen and oxygen atoms in total. The molecular weight excluding hydrogens is 483 g/mol. The van der Waals surface area contributed by atoms with Gasteiger partial charge in [0, 0.05) is 50.3 Å². The second kappa shape index (κ2) is 11.0. The van der Waals surface area contributed by atoms with Crippen LogP contribution in [0.2, 0.25) is 0 Å². The quantitative estimate of drug-likeness (QED) is 0.365. The number of halogens is 1. The van der Waals surface area contributed by atoms with Crippen LogP contribution in [0.3, 0.4) is 0 Å². The molecule has 0 radical (unpaired) electrons. The van der Waals surface area contributed by atoms with Gasteiger partial charge in [-0.3, -0.25) is 4.90 Å². The van der Waals surface area contributed by atoms with Crippen molar-refractivity contribution in [1.29, 1.82) is 0 Å². The van der Waals surface area contributed by atoms with Gasteiger partial charge in [0.15, 0.2) is 11.1 Å². The Bertz CT molecular complexity index is 741. The summed E-state index contributed by atoms with van der Waals surface area (Å²) >= 11 is 1.69. The van der Waals surface area contributed by atoms with Crippen molar-refractivity contribution in [2.45, 2.75) is 33.0 Å². The number of hydrogen-bond donors (Lipinski definition) is 1. The van der Waals surface area contributed by atoms with Crippen molar-refractivity contribution in [2.24, 2.45) is 10.7 Å². The Labute approximate surface area is 189 Å². The van der Waals surface area contributed by atoms with Crippen LogP contribution in [0.5, 0.6) is 0 Å². The van der Waals surface area contributed by atoms with Crippen molar-refractivity contribution in [3.63, 3.8) is 0 Å². The third-order valence-electron chi connectivity index (χ3n) is 5.12. The van der Waals surface area contributed by atoms with Gasteiger partial charge in [-0.2, -0.15) is 0 Å². The van der Waals surface area contributed by atoms with Gasteiger partial charge in [0.2, 0.25) is 0 Å². The summed E-state index contributed by atoms with van der Waals surface area (Å²) in [6, 6.07) is 9.03. The van der Waals surface area contributed by atoms with Crippen LogP contribution >= 0.6 is 35.3 Å². The average molecular weight is 514 g/mol. The molecule has 3 rings (SSSR count). The molecule has 1 fully saturated rings. The number of piperazine rings is 1. The van der Waals surface area contributed by atoms with Gasteiger partial charge >= 0.3 is 0 Å². The highest BCUT2D eigenvalue weighted by atomic mass is 127. The molecule has 2 heterocycles. The van der Waals surface area contributed by atoms with E-state index in [0.717, 1.165) is 37.9 Å². The summed E-state index contributed by atoms with van der Waals surface area (Å²) in [5, 5.41) is 3.11. The number of nitrogens with zero attached hydrogens (tertiary/aromatic N) is 5. The van der Waals surface area contributed by atoms with E-state index >= 15 is 0 Å². The molecule has 8 heteroatoms. The van der Waals surface area contributed by atoms with E-state index in [1.54, 1.807) is 11.3 Å². The fourth-order valence-corrected chi connectivity index (χ4v) is 3.78. The molecule has 28 heavy (non-hydrogen) atoms. The lowest BCUT2D eigenvalue weighted by Crippen LogP contribution is -2.51. The van der Waals surface area contributed by atoms with Crippen molar-refractivity contribution < 1.29 is 0 Å². The summed E-state index contributed by atoms with van der Waals surface area (Å²) in [6.45, 7) is 9.60. The van der Waals surface area contributed by atoms with E-state index in [4.69, 9.17) is 5.73 Å². The smallest absolute Gasteiger partial charge is 0.191 e. The zero-order valence-electron chi connectivity index (χ0n) is 16.9. The van der Waals surface area contributed by atoms with Gasteiger partial charge in [-0.05, 0) is 32.0 Å². The number of anilines is 1. The van der Waals surface area contributed by atoms with Crippen LogP contribution < -0.4 is 10.6 Å². The Hall–Kier alpha value is -1.39. The van der Waals surface area contributed by atoms with Crippen molar-refractivity contribution in [1.82, 2.24) is 14.8 Å². The predicted octanol–water partition coefficient (Wildman–Crippen LogP) is 3.24. The Balaban J connectivity index is 0.00000280. The summed E-state index contributed by atoms with van der Waals surface area (Å²) in [5.41, 5.74) is 8.86. The Morgan fingerprint density at radius 1 is 1.21 bits per heavy atom. The molecule has 2 N–H and O–H groups in total. The Kier molecular flexibility index (Phi) is 8.97. The second-order valence-corrected chi connectivity index (χ2v) is 8.11. The van der Waals surface area contributed by atoms with Crippen LogP contribution in [0.15, 0.2) is 40.8 Å². The van der Waals surface area contributed by atoms with Gasteiger partial charge in [-0.25, -0.2) is 9.98 Å². The number of guanidine groups is 1. The summed E-state index contributed by atoms with van der Waals surface area (Å²) in [7, 11) is 2.15. The number of aliphatic imine (C=N–C) groups is 1. The molecule has 0 atom stereocenters. The molecule has 1 aromatic carbocycles. The maximum absolute atomic E-state index is 6.29. The van der Waals surface area contributed by atoms with Crippen LogP contribution in [0.4, 0.5) is 5.13 Å². The molecule has 0 aliphatic carbocycles. The first-order chi connectivity index (χ1) is 13.0. The number of rotatable bonds is 6. The van der Waals surface area contributed by atoms with E-state index in [-0.39, 0.29) is 24.0 Å². The van der Waals surface area contributed by atoms with Gasteiger partial charge in [0.25, 0.3) is 0 Å². The lowest BCUT2D eigenvalue weighted by molar-refractivity contribution is 0.265. The lowest BCUT2D eigenvalue weighted by Gasteiger charge is -2.35. The van der Waals surface area contributed by atoms with E-state index in [2.05, 4.69) is 69.8 Å². The summed E-state index contributed by atoms with van der Waals surface area (Å²) in [4.78, 5) is 15.9. The van der Waals surface area contributed by atoms with Gasteiger partial charge in [-0.15, -0.1) is 35.3 Å². The molecule has 0 saturated carbocycles. The molecule has 1 saturated heterocycles. The fraction of sp³-hybridized carbons (Fsp3) is 0.500. The minimum atomic E-state index is 0. The first kappa shape index (κ1) is 22.9. The van der Waals surface area contributed by atoms with Gasteiger partial charge in [-0.1, -0.05) is 24.3 Å². The zero-order valence-corrected chi connectivity index (χ0v) is 20.1. The van der Waals surface area contributed by atoms with E-state index in [9.17, 15) is 0 Å². The lowest BCUT2D eigenvalue weighted by atomic mass is 10.1. The average Bonchev–Trinajstić information content (AvgIpc) is 3.22. The fourth-order valence-electron chi connectivity index (χ4n) is 3.08. The van der Waals surface area contributed by atoms with Crippen molar-refractivity contribution in [2.75, 3.05) is 38.1 Å². The molecule has 1 aromatic heterocycles. The topological polar surface area (TPSA) is 61.0 Å². The SMILES string of the molecule is CC(C)N(C)Cc1ccccc1CN=C(N)N1CCN(c2nccs2)CC1.I. The number of aromatic nitrogens is 1. The zero-order chi connectivity index (χ0) is 19.2. The monoisotopic (exact) mass is 514 g/mol. The highest BCUT2D eigenvalue weighted by Gasteiger charge is 2.19. The molecule has 0 bridgehead atoms. The molecule has 2 aromatic rings. The normalized spacial score (nSPS) is 15.2. The minimum Gasteiger partial charge on any atom is -0.370 e. The number of nitrogens with two attached hydrogens (primary N) is 1. The van der Waals surface area contributed by atoms with Crippen LogP contribution in [-0.2, 0) is 13.1 Å². The van der Waals surface area contributed by atoms with Crippen LogP contribution in [-0.4, -0.2) is 60.0 Å². The van der Waals surface area contributed by atoms with Crippen LogP contribution in [0.1, 0.15) is 25.0 Å². The third kappa shape index (κ3) is 6.05. The van der Waals surface area contributed by atoms with E-state index in [0.29, 0.717) is 18.5 Å². The van der Waals surface area contributed by atoms with Gasteiger partial charge in [0.1, 0.15) is 0 Å². The van der Waals surface area contributed by atoms with Crippen LogP contribution in [0, 0.1) is 0 Å². The van der Waals surface area contributed by atoms with E-state index in [1.165, 1.54) is 11.1 Å². The molecule has 1 aliphatic heterocycles. The van der Waals surface area contributed by atoms with E-state index < -0.39 is 0 Å². The maximum atomic E-state index is 6.29. The molecule has 1 aliphatic rings. The van der Waals surface area contributed by atoms with Crippen molar-refractivity contribution in [3.8, 4) is 0 Å². The highest BCUT2D eigenvalue weighted by molar-refractivity contribution is 14.0. The molecule has 0 unspecified atom stereocenters. The Morgan fingerprint density at radius 2 is 1.89 bits per heavy atom. The minimum absolute atomic E-state index is 0. The number of benzene rings is 1. The highest BCUT2D eigenvalue weighted by Crippen LogP contribution is 2.19. The number of thiazole rings is 1. The van der Waals surface area contributed by atoms with E-state index in [1.807, 2.05) is 11.6 Å². The molecular formula is C20H31IN6S. The predicted molar refractivity (Wildman–Crippen MR) is 130 cm³/mol. The van der Waals surface area contributed by atoms with Crippen molar-refractivity contribution >= 4 is 46.4 Å². The number of hydrogen-bond acceptors (Lipinski definition) is 5. The summed E-state index contributed by atoms with van der Waals surface area (Å²) in [6.07, 6.45) is 1.86. The molecule has 0 spiro atoms. The largest absolute Gasteiger partial charge is 0.370 e. The summed E-state index contributed by atoms with van der Waals surface area (Å²) < 4.78 is 0. The standard InChI is InChI=1S/C20H30N6S.HI/c1-16(2)24(3)15-18-7-5-4-6-17(18)14-23-19(21)25-9-11-26(12-10-25)20-22-8-13-27-20;/h4-8,13,16H,9-12,14-15H2,1-3H3,(H2,21,23);1H. The molecule has 154 valence electrons. The summed E-state index contributed by atoms with van der Waals surface area (Å²) in [5.74, 6) is 0.640. The van der Waals surface area contributed by atoms with Crippen LogP contribution in [0.25, 0.3) is 0 Å². The Morgan fingerprint density at radius 3 is 2.50 bits per heavy atom. The van der Waals surface area contributed by atoms with Crippen molar-refractivity contribution in [3.05, 3.63) is 47.0 Å².